The molecular formula is C7H8NO4. The molecule has 0 fully saturated rings. The van der Waals surface area contributed by atoms with Crippen molar-refractivity contribution >= 4 is 12.0 Å². The normalized spacial score (nSPS) is 11.2. The topological polar surface area (TPSA) is 75.6 Å². The lowest BCUT2D eigenvalue weighted by molar-refractivity contribution is -0.142. The number of isocyanates is 1. The van der Waals surface area contributed by atoms with E-state index in [0.717, 1.165) is 6.08 Å². The van der Waals surface area contributed by atoms with Gasteiger partial charge in [0.25, 0.3) is 0 Å². The van der Waals surface area contributed by atoms with Crippen LogP contribution in [0.1, 0.15) is 6.92 Å². The minimum absolute atomic E-state index is 0.192. The van der Waals surface area contributed by atoms with E-state index in [0.29, 0.717) is 0 Å². The zero-order valence-corrected chi connectivity index (χ0v) is 6.57. The van der Waals surface area contributed by atoms with Crippen molar-refractivity contribution in [2.45, 2.75) is 13.2 Å². The third-order valence-electron chi connectivity index (χ3n) is 0.902. The maximum atomic E-state index is 10.7. The highest BCUT2D eigenvalue weighted by Crippen LogP contribution is 1.94. The van der Waals surface area contributed by atoms with Gasteiger partial charge in [0.2, 0.25) is 12.3 Å². The highest BCUT2D eigenvalue weighted by atomic mass is 16.5. The van der Waals surface area contributed by atoms with E-state index < -0.39 is 18.8 Å². The molecule has 0 aliphatic rings. The molecule has 0 N–H and O–H groups in total. The van der Waals surface area contributed by atoms with Crippen LogP contribution in [0.3, 0.4) is 0 Å². The smallest absolute Gasteiger partial charge is 0.333 e. The van der Waals surface area contributed by atoms with Crippen LogP contribution in [0.5, 0.6) is 0 Å². The van der Waals surface area contributed by atoms with Crippen molar-refractivity contribution in [2.24, 2.45) is 4.99 Å². The van der Waals surface area contributed by atoms with E-state index in [1.807, 2.05) is 0 Å². The number of hydrogen-bond donors (Lipinski definition) is 0. The Labute approximate surface area is 69.4 Å². The molecule has 1 atom stereocenters. The van der Waals surface area contributed by atoms with Gasteiger partial charge in [0.15, 0.2) is 0 Å². The summed E-state index contributed by atoms with van der Waals surface area (Å²) in [5.74, 6) is -0.669. The first-order valence-corrected chi connectivity index (χ1v) is 3.13. The molecule has 0 aliphatic carbocycles. The number of carbonyl (C=O) groups excluding carboxylic acids is 2. The van der Waals surface area contributed by atoms with Crippen LogP contribution >= 0.6 is 0 Å². The highest BCUT2D eigenvalue weighted by molar-refractivity contribution is 5.86. The van der Waals surface area contributed by atoms with E-state index in [9.17, 15) is 14.7 Å². The molecule has 0 aliphatic heterocycles. The van der Waals surface area contributed by atoms with Gasteiger partial charge in [-0.3, -0.25) is 0 Å². The molecule has 0 aromatic heterocycles. The molecule has 0 bridgehead atoms. The Morgan fingerprint density at radius 3 is 2.75 bits per heavy atom. The van der Waals surface area contributed by atoms with E-state index >= 15 is 0 Å². The van der Waals surface area contributed by atoms with Gasteiger partial charge in [-0.1, -0.05) is 6.58 Å². The number of ether oxygens (including phenoxy) is 1. The molecule has 1 unspecified atom stereocenters. The summed E-state index contributed by atoms with van der Waals surface area (Å²) in [5, 5.41) is 10.5. The van der Waals surface area contributed by atoms with Crippen LogP contribution in [0.25, 0.3) is 0 Å². The van der Waals surface area contributed by atoms with Gasteiger partial charge in [-0.05, 0) is 6.92 Å². The maximum absolute atomic E-state index is 10.7. The van der Waals surface area contributed by atoms with Crippen molar-refractivity contribution < 1.29 is 19.4 Å². The van der Waals surface area contributed by atoms with E-state index in [2.05, 4.69) is 16.3 Å². The van der Waals surface area contributed by atoms with Gasteiger partial charge >= 0.3 is 5.97 Å². The Morgan fingerprint density at radius 2 is 2.33 bits per heavy atom. The van der Waals surface area contributed by atoms with Crippen LogP contribution in [0, 0.1) is 0 Å². The molecule has 0 heterocycles. The maximum Gasteiger partial charge on any atom is 0.333 e. The average molecular weight is 170 g/mol. The Bertz CT molecular complexity index is 230. The number of hydrogen-bond acceptors (Lipinski definition) is 4. The minimum Gasteiger partial charge on any atom is -0.457 e. The molecule has 0 spiro atoms. The second-order valence-corrected chi connectivity index (χ2v) is 2.05. The quantitative estimate of drug-likeness (QED) is 0.261. The molecule has 0 aromatic carbocycles. The predicted molar refractivity (Wildman–Crippen MR) is 38.4 cm³/mol. The first-order valence-electron chi connectivity index (χ1n) is 3.13. The fraction of sp³-hybridized carbons (Fsp3) is 0.429. The number of rotatable bonds is 4. The number of esters is 1. The van der Waals surface area contributed by atoms with Gasteiger partial charge in [0.05, 0.1) is 0 Å². The van der Waals surface area contributed by atoms with E-state index in [4.69, 9.17) is 0 Å². The SMILES string of the molecule is C=C(C)C(=O)OCC([O])N=C=O. The standard InChI is InChI=1S/C7H8NO4/c1-5(2)7(11)12-3-6(10)8-4-9/h6H,1,3H2,2H3. The number of nitrogens with zero attached hydrogens (tertiary/aromatic N) is 1. The zero-order chi connectivity index (χ0) is 9.56. The summed E-state index contributed by atoms with van der Waals surface area (Å²) in [5.41, 5.74) is 0.192. The predicted octanol–water partition coefficient (Wildman–Crippen LogP) is 0.198. The van der Waals surface area contributed by atoms with Crippen LogP contribution in [0.2, 0.25) is 0 Å². The Hall–Kier alpha value is -1.45. The second-order valence-electron chi connectivity index (χ2n) is 2.05. The average Bonchev–Trinajstić information content (AvgIpc) is 2.00. The fourth-order valence-corrected chi connectivity index (χ4v) is 0.366. The van der Waals surface area contributed by atoms with Crippen LogP contribution < -0.4 is 0 Å². The lowest BCUT2D eigenvalue weighted by atomic mass is 10.4. The van der Waals surface area contributed by atoms with Gasteiger partial charge in [-0.15, -0.1) is 0 Å². The molecule has 0 saturated heterocycles. The van der Waals surface area contributed by atoms with E-state index in [1.54, 1.807) is 0 Å². The van der Waals surface area contributed by atoms with E-state index in [-0.39, 0.29) is 5.57 Å². The minimum atomic E-state index is -1.59. The van der Waals surface area contributed by atoms with Gasteiger partial charge < -0.3 is 4.74 Å². The summed E-state index contributed by atoms with van der Waals surface area (Å²) >= 11 is 0. The summed E-state index contributed by atoms with van der Waals surface area (Å²) in [7, 11) is 0. The zero-order valence-electron chi connectivity index (χ0n) is 6.57. The van der Waals surface area contributed by atoms with Crippen molar-refractivity contribution in [1.82, 2.24) is 0 Å². The Kier molecular flexibility index (Phi) is 4.60. The molecule has 0 rings (SSSR count). The number of carbonyl (C=O) groups is 1. The fourth-order valence-electron chi connectivity index (χ4n) is 0.366. The molecule has 5 heteroatoms. The molecule has 1 radical (unpaired) electrons. The van der Waals surface area contributed by atoms with Gasteiger partial charge in [-0.25, -0.2) is 14.7 Å². The largest absolute Gasteiger partial charge is 0.457 e. The van der Waals surface area contributed by atoms with Crippen LogP contribution in [-0.4, -0.2) is 24.9 Å². The monoisotopic (exact) mass is 170 g/mol. The summed E-state index contributed by atoms with van der Waals surface area (Å²) in [6, 6.07) is 0. The van der Waals surface area contributed by atoms with Crippen LogP contribution in [-0.2, 0) is 19.4 Å². The van der Waals surface area contributed by atoms with Crippen molar-refractivity contribution in [2.75, 3.05) is 6.61 Å². The van der Waals surface area contributed by atoms with Crippen LogP contribution in [0.4, 0.5) is 0 Å². The van der Waals surface area contributed by atoms with Gasteiger partial charge in [0.1, 0.15) is 6.61 Å². The summed E-state index contributed by atoms with van der Waals surface area (Å²) in [6.07, 6.45) is -0.523. The first-order chi connectivity index (χ1) is 5.57. The Morgan fingerprint density at radius 1 is 1.75 bits per heavy atom. The lowest BCUT2D eigenvalue weighted by Crippen LogP contribution is -2.15. The Balaban J connectivity index is 3.75. The van der Waals surface area contributed by atoms with Crippen molar-refractivity contribution in [3.63, 3.8) is 0 Å². The van der Waals surface area contributed by atoms with Crippen LogP contribution in [0.15, 0.2) is 17.1 Å². The summed E-state index contributed by atoms with van der Waals surface area (Å²) in [6.45, 7) is 4.27. The van der Waals surface area contributed by atoms with Crippen molar-refractivity contribution in [1.29, 1.82) is 0 Å². The first kappa shape index (κ1) is 10.6. The van der Waals surface area contributed by atoms with Gasteiger partial charge in [0, 0.05) is 5.57 Å². The summed E-state index contributed by atoms with van der Waals surface area (Å²) < 4.78 is 4.39. The molecule has 5 nitrogen and oxygen atoms in total. The molecule has 12 heavy (non-hydrogen) atoms. The third-order valence-corrected chi connectivity index (χ3v) is 0.902. The van der Waals surface area contributed by atoms with Gasteiger partial charge in [-0.2, -0.15) is 4.99 Å². The lowest BCUT2D eigenvalue weighted by Gasteiger charge is -2.03. The third kappa shape index (κ3) is 4.38. The van der Waals surface area contributed by atoms with E-state index in [1.165, 1.54) is 6.92 Å². The molecule has 0 saturated carbocycles. The highest BCUT2D eigenvalue weighted by Gasteiger charge is 2.08. The molecule has 0 amide bonds. The molecule has 65 valence electrons. The van der Waals surface area contributed by atoms with Crippen molar-refractivity contribution in [3.05, 3.63) is 12.2 Å². The summed E-state index contributed by atoms with van der Waals surface area (Å²) in [4.78, 5) is 23.0. The molecular weight excluding hydrogens is 162 g/mol. The second kappa shape index (κ2) is 5.23. The van der Waals surface area contributed by atoms with Crippen molar-refractivity contribution in [3.8, 4) is 0 Å². The number of aliphatic imine (C=N–C) groups is 1. The molecule has 0 aromatic rings.